The summed E-state index contributed by atoms with van der Waals surface area (Å²) in [6.07, 6.45) is 1.32. The summed E-state index contributed by atoms with van der Waals surface area (Å²) in [7, 11) is 0. The summed E-state index contributed by atoms with van der Waals surface area (Å²) in [6, 6.07) is -15.3. The average Bonchev–Trinajstić information content (AvgIpc) is 2.17. The lowest BCUT2D eigenvalue weighted by molar-refractivity contribution is -0.142. The molecule has 0 saturated heterocycles. The number of nitrogens with two attached hydrogens (primary N) is 10. The summed E-state index contributed by atoms with van der Waals surface area (Å²) in [4.78, 5) is 158. The zero-order valence-electron chi connectivity index (χ0n) is 53.9. The number of amides is 10. The van der Waals surface area contributed by atoms with Gasteiger partial charge in [-0.15, -0.1) is 0 Å². The van der Waals surface area contributed by atoms with Crippen LogP contribution in [0.1, 0.15) is 150 Å². The Hall–Kier alpha value is -7.61. The van der Waals surface area contributed by atoms with E-state index in [-0.39, 0.29) is 115 Å². The maximum Gasteiger partial charge on any atom is 0.326 e. The van der Waals surface area contributed by atoms with Crippen molar-refractivity contribution in [3.63, 3.8) is 0 Å². The lowest BCUT2D eigenvalue weighted by Gasteiger charge is -2.29. The molecule has 36 heteroatoms. The number of carbonyl (C=O) groups excluding carboxylic acids is 10. The number of aliphatic carboxylic acids is 1. The van der Waals surface area contributed by atoms with Gasteiger partial charge >= 0.3 is 5.97 Å². The van der Waals surface area contributed by atoms with Gasteiger partial charge in [0, 0.05) is 13.1 Å². The number of nitrogens with one attached hydrogen (secondary N) is 10. The predicted octanol–water partition coefficient (Wildman–Crippen LogP) is -8.20. The Morgan fingerprint density at radius 1 is 0.326 bits per heavy atom. The van der Waals surface area contributed by atoms with Gasteiger partial charge in [-0.2, -0.15) is 0 Å². The van der Waals surface area contributed by atoms with E-state index >= 15 is 0 Å². The van der Waals surface area contributed by atoms with Gasteiger partial charge in [-0.3, -0.25) is 57.9 Å². The van der Waals surface area contributed by atoms with E-state index < -0.39 is 144 Å². The molecule has 0 radical (unpaired) electrons. The van der Waals surface area contributed by atoms with Gasteiger partial charge in [0.2, 0.25) is 59.1 Å². The highest BCUT2D eigenvalue weighted by Gasteiger charge is 2.37. The highest BCUT2D eigenvalue weighted by molar-refractivity contribution is 5.99. The molecule has 36 nitrogen and oxygen atoms in total. The molecule has 0 saturated carbocycles. The summed E-state index contributed by atoms with van der Waals surface area (Å²) >= 11 is 0. The molecular formula is C56H110N22O14. The molecule has 33 N–H and O–H groups in total. The molecule has 2 unspecified atom stereocenters. The van der Waals surface area contributed by atoms with E-state index in [4.69, 9.17) is 57.3 Å². The molecular weight excluding hydrogens is 1200 g/mol. The van der Waals surface area contributed by atoms with Crippen molar-refractivity contribution >= 4 is 77.0 Å². The Kier molecular flexibility index (Phi) is 44.2. The molecule has 10 amide bonds. The Morgan fingerprint density at radius 3 is 0.902 bits per heavy atom. The van der Waals surface area contributed by atoms with Crippen molar-refractivity contribution in [1.82, 2.24) is 53.2 Å². The Balaban J connectivity index is 6.53. The largest absolute Gasteiger partial charge is 0.480 e. The van der Waals surface area contributed by atoms with E-state index in [2.05, 4.69) is 63.2 Å². The van der Waals surface area contributed by atoms with E-state index in [1.165, 1.54) is 13.8 Å². The van der Waals surface area contributed by atoms with Crippen molar-refractivity contribution in [3.05, 3.63) is 0 Å². The standard InChI is InChI=1S/C56H110N22O14/c1-31(70-48(85)40(22-15-29-67-55(63)64)73-46(83)35(62)17-5-10-24-57)44(81)71-36(18-6-11-25-58)47(84)69-32(2)45(82)72-39(21-9-14-28-61)51(88)77-43(34(4)80)53(90)78-42(33(3)79)52(89)75-38(20-8-13-27-60)49(86)74-37(19-7-12-26-59)50(87)76-41(54(91)92)23-16-30-68-56(65)66/h31-43,79-80H,5-30,57-62H2,1-4H3,(H,69,84)(H,70,85)(H,71,81)(H,72,82)(H,73,83)(H,74,86)(H,75,89)(H,76,87)(H,77,88)(H,78,90)(H,91,92)(H4,63,64,67)(H4,65,66,68)/t31-,32-,33?,34?,35-,36-,37-,38-,39-,40-,41-,42-,43-/m0/s1. The number of hydrogen-bond acceptors (Lipinski definition) is 21. The van der Waals surface area contributed by atoms with Crippen molar-refractivity contribution in [3.8, 4) is 0 Å². The van der Waals surface area contributed by atoms with Crippen LogP contribution in [0, 0.1) is 0 Å². The summed E-state index contributed by atoms with van der Waals surface area (Å²) in [5, 5.41) is 56.7. The van der Waals surface area contributed by atoms with Crippen molar-refractivity contribution in [2.75, 3.05) is 45.8 Å². The first-order chi connectivity index (χ1) is 43.5. The third-order valence-electron chi connectivity index (χ3n) is 14.4. The number of aliphatic hydroxyl groups excluding tert-OH is 2. The number of guanidine groups is 2. The molecule has 0 aliphatic rings. The zero-order chi connectivity index (χ0) is 69.9. The fourth-order valence-corrected chi connectivity index (χ4v) is 8.96. The molecule has 92 heavy (non-hydrogen) atoms. The van der Waals surface area contributed by atoms with Gasteiger partial charge in [-0.1, -0.05) is 6.42 Å². The molecule has 0 fully saturated rings. The first kappa shape index (κ1) is 84.4. The second-order valence-electron chi connectivity index (χ2n) is 22.5. The minimum Gasteiger partial charge on any atom is -0.480 e. The molecule has 0 bridgehead atoms. The van der Waals surface area contributed by atoms with Crippen LogP contribution in [0.5, 0.6) is 0 Å². The highest BCUT2D eigenvalue weighted by Crippen LogP contribution is 2.12. The lowest BCUT2D eigenvalue weighted by atomic mass is 10.0. The number of carbonyl (C=O) groups is 11. The van der Waals surface area contributed by atoms with E-state index in [1.54, 1.807) is 0 Å². The van der Waals surface area contributed by atoms with Gasteiger partial charge in [0.15, 0.2) is 11.9 Å². The number of carboxylic acids is 1. The molecule has 0 spiro atoms. The van der Waals surface area contributed by atoms with Crippen LogP contribution in [0.15, 0.2) is 9.98 Å². The van der Waals surface area contributed by atoms with Crippen molar-refractivity contribution in [2.45, 2.75) is 228 Å². The van der Waals surface area contributed by atoms with Crippen molar-refractivity contribution in [2.24, 2.45) is 67.3 Å². The molecule has 0 aromatic carbocycles. The maximum atomic E-state index is 14.1. The van der Waals surface area contributed by atoms with Gasteiger partial charge < -0.3 is 126 Å². The second-order valence-corrected chi connectivity index (χ2v) is 22.5. The quantitative estimate of drug-likeness (QED) is 0.0153. The summed E-state index contributed by atoms with van der Waals surface area (Å²) in [5.74, 6) is -10.7. The normalized spacial score (nSPS) is 15.3. The number of carboxylic acid groups (broad SMARTS) is 1. The molecule has 0 aromatic rings. The van der Waals surface area contributed by atoms with E-state index in [1.807, 2.05) is 0 Å². The van der Waals surface area contributed by atoms with Crippen LogP contribution in [0.25, 0.3) is 0 Å². The van der Waals surface area contributed by atoms with Crippen LogP contribution in [0.3, 0.4) is 0 Å². The number of aliphatic imine (C=N–C) groups is 2. The lowest BCUT2D eigenvalue weighted by Crippen LogP contribution is -2.63. The van der Waals surface area contributed by atoms with Gasteiger partial charge in [0.1, 0.15) is 60.4 Å². The first-order valence-electron chi connectivity index (χ1n) is 31.5. The number of hydrogen-bond donors (Lipinski definition) is 23. The van der Waals surface area contributed by atoms with Crippen molar-refractivity contribution < 1.29 is 68.1 Å². The average molecular weight is 1320 g/mol. The molecule has 0 rings (SSSR count). The maximum absolute atomic E-state index is 14.1. The molecule has 13 atom stereocenters. The van der Waals surface area contributed by atoms with Gasteiger partial charge in [-0.25, -0.2) is 4.79 Å². The Morgan fingerprint density at radius 2 is 0.576 bits per heavy atom. The van der Waals surface area contributed by atoms with Crippen molar-refractivity contribution in [1.29, 1.82) is 0 Å². The third-order valence-corrected chi connectivity index (χ3v) is 14.4. The molecule has 0 aliphatic heterocycles. The number of aliphatic hydroxyl groups is 2. The van der Waals surface area contributed by atoms with Crippen LogP contribution in [0.4, 0.5) is 0 Å². The number of unbranched alkanes of at least 4 members (excludes halogenated alkanes) is 5. The summed E-state index contributed by atoms with van der Waals surface area (Å²) in [6.45, 7) is 6.42. The monoisotopic (exact) mass is 1310 g/mol. The van der Waals surface area contributed by atoms with E-state index in [0.717, 1.165) is 13.8 Å². The Labute approximate surface area is 538 Å². The van der Waals surface area contributed by atoms with Gasteiger partial charge in [0.05, 0.1) is 18.2 Å². The molecule has 0 aromatic heterocycles. The topological polar surface area (TPSA) is 654 Å². The van der Waals surface area contributed by atoms with E-state index in [0.29, 0.717) is 64.3 Å². The van der Waals surface area contributed by atoms with Crippen LogP contribution in [-0.2, 0) is 52.7 Å². The summed E-state index contributed by atoms with van der Waals surface area (Å²) in [5.41, 5.74) is 56.0. The predicted molar refractivity (Wildman–Crippen MR) is 344 cm³/mol. The minimum atomic E-state index is -1.85. The Bertz CT molecular complexity index is 2350. The highest BCUT2D eigenvalue weighted by atomic mass is 16.4. The number of nitrogens with zero attached hydrogens (tertiary/aromatic N) is 2. The smallest absolute Gasteiger partial charge is 0.326 e. The third kappa shape index (κ3) is 35.8. The fraction of sp³-hybridized carbons (Fsp3) is 0.768. The number of rotatable bonds is 51. The second kappa shape index (κ2) is 48.2. The van der Waals surface area contributed by atoms with Crippen LogP contribution >= 0.6 is 0 Å². The van der Waals surface area contributed by atoms with Gasteiger partial charge in [0.25, 0.3) is 0 Å². The zero-order valence-corrected chi connectivity index (χ0v) is 53.9. The van der Waals surface area contributed by atoms with Gasteiger partial charge in [-0.05, 0) is 176 Å². The SMILES string of the molecule is CC(O)[C@H](NC(=O)[C@H](CCCCN)NC(=O)[C@H](C)NC(=O)[C@H](CCCCN)NC(=O)[C@H](C)NC(=O)[C@H](CCCN=C(N)N)NC(=O)[C@@H](N)CCCCN)C(=O)N[C@H](C(=O)N[C@@H](CCCCN)C(=O)N[C@@H](CCCCN)C(=O)N[C@@H](CCCN=C(N)N)C(=O)O)C(C)O. The van der Waals surface area contributed by atoms with Crippen LogP contribution in [0.2, 0.25) is 0 Å². The van der Waals surface area contributed by atoms with E-state index in [9.17, 15) is 68.1 Å². The fourth-order valence-electron chi connectivity index (χ4n) is 8.96. The molecule has 528 valence electrons. The van der Waals surface area contributed by atoms with Crippen LogP contribution < -0.4 is 111 Å². The molecule has 0 heterocycles. The summed E-state index contributed by atoms with van der Waals surface area (Å²) < 4.78 is 0. The first-order valence-corrected chi connectivity index (χ1v) is 31.5. The van der Waals surface area contributed by atoms with Crippen LogP contribution in [-0.4, -0.2) is 217 Å². The molecule has 0 aliphatic carbocycles. The minimum absolute atomic E-state index is 0.0134.